The molecule has 1 aromatic carbocycles. The van der Waals surface area contributed by atoms with Crippen molar-refractivity contribution < 1.29 is 13.9 Å². The second kappa shape index (κ2) is 6.97. The highest BCUT2D eigenvalue weighted by atomic mass is 79.9. The molecule has 2 aromatic rings. The van der Waals surface area contributed by atoms with Gasteiger partial charge in [0.15, 0.2) is 0 Å². The summed E-state index contributed by atoms with van der Waals surface area (Å²) < 4.78 is 20.0. The Bertz CT molecular complexity index is 574. The van der Waals surface area contributed by atoms with E-state index in [1.54, 1.807) is 18.3 Å². The van der Waals surface area contributed by atoms with Gasteiger partial charge >= 0.3 is 0 Å². The Morgan fingerprint density at radius 3 is 2.85 bits per heavy atom. The fourth-order valence-corrected chi connectivity index (χ4v) is 2.34. The quantitative estimate of drug-likeness (QED) is 0.876. The van der Waals surface area contributed by atoms with Gasteiger partial charge in [-0.3, -0.25) is 4.90 Å². The normalized spacial score (nSPS) is 11.2. The van der Waals surface area contributed by atoms with Gasteiger partial charge in [0, 0.05) is 23.1 Å². The number of aromatic nitrogens is 1. The van der Waals surface area contributed by atoms with E-state index in [1.165, 1.54) is 6.07 Å². The van der Waals surface area contributed by atoms with Gasteiger partial charge in [0.25, 0.3) is 0 Å². The molecule has 0 aliphatic rings. The van der Waals surface area contributed by atoms with Crippen molar-refractivity contribution in [2.24, 2.45) is 0 Å². The summed E-state index contributed by atoms with van der Waals surface area (Å²) in [6.07, 6.45) is 1.64. The first-order valence-corrected chi connectivity index (χ1v) is 7.06. The second-order valence-corrected chi connectivity index (χ2v) is 5.45. The standard InChI is InChI=1S/C14H16BrFN2O2/c1-10-7-17-14(20-10)9-18(4-5-19)8-11-6-12(15)2-3-13(11)16/h2-3,6-7,19H,4-5,8-9H2,1H3. The Morgan fingerprint density at radius 1 is 1.40 bits per heavy atom. The monoisotopic (exact) mass is 342 g/mol. The number of aliphatic hydroxyl groups excluding tert-OH is 1. The predicted octanol–water partition coefficient (Wildman–Crippen LogP) is 2.88. The number of halogens is 2. The molecule has 0 saturated carbocycles. The maximum atomic E-state index is 13.8. The number of oxazole rings is 1. The maximum Gasteiger partial charge on any atom is 0.208 e. The predicted molar refractivity (Wildman–Crippen MR) is 76.5 cm³/mol. The molecule has 2 rings (SSSR count). The summed E-state index contributed by atoms with van der Waals surface area (Å²) in [5.41, 5.74) is 0.566. The van der Waals surface area contributed by atoms with Crippen LogP contribution in [-0.4, -0.2) is 28.1 Å². The first-order chi connectivity index (χ1) is 9.58. The Labute approximate surface area is 125 Å². The van der Waals surface area contributed by atoms with Crippen molar-refractivity contribution in [2.45, 2.75) is 20.0 Å². The van der Waals surface area contributed by atoms with Crippen LogP contribution in [0, 0.1) is 12.7 Å². The van der Waals surface area contributed by atoms with E-state index < -0.39 is 0 Å². The molecule has 4 nitrogen and oxygen atoms in total. The van der Waals surface area contributed by atoms with E-state index in [0.717, 1.165) is 10.2 Å². The number of benzene rings is 1. The molecule has 0 aliphatic carbocycles. The third-order valence-corrected chi connectivity index (χ3v) is 3.34. The number of hydrogen-bond donors (Lipinski definition) is 1. The molecule has 20 heavy (non-hydrogen) atoms. The van der Waals surface area contributed by atoms with E-state index >= 15 is 0 Å². The second-order valence-electron chi connectivity index (χ2n) is 4.53. The minimum absolute atomic E-state index is 0.00465. The SMILES string of the molecule is Cc1cnc(CN(CCO)Cc2cc(Br)ccc2F)o1. The van der Waals surface area contributed by atoms with Crippen LogP contribution < -0.4 is 0 Å². The fourth-order valence-electron chi connectivity index (χ4n) is 1.93. The summed E-state index contributed by atoms with van der Waals surface area (Å²) in [7, 11) is 0. The number of aliphatic hydroxyl groups is 1. The van der Waals surface area contributed by atoms with E-state index in [-0.39, 0.29) is 12.4 Å². The van der Waals surface area contributed by atoms with E-state index in [4.69, 9.17) is 9.52 Å². The Balaban J connectivity index is 2.10. The highest BCUT2D eigenvalue weighted by molar-refractivity contribution is 9.10. The number of nitrogens with zero attached hydrogens (tertiary/aromatic N) is 2. The van der Waals surface area contributed by atoms with Gasteiger partial charge < -0.3 is 9.52 Å². The van der Waals surface area contributed by atoms with Gasteiger partial charge in [0.1, 0.15) is 11.6 Å². The zero-order chi connectivity index (χ0) is 14.5. The first kappa shape index (κ1) is 15.2. The van der Waals surface area contributed by atoms with Crippen LogP contribution in [-0.2, 0) is 13.1 Å². The molecule has 0 bridgehead atoms. The minimum Gasteiger partial charge on any atom is -0.445 e. The Morgan fingerprint density at radius 2 is 2.20 bits per heavy atom. The van der Waals surface area contributed by atoms with Crippen LogP contribution in [0.5, 0.6) is 0 Å². The lowest BCUT2D eigenvalue weighted by Crippen LogP contribution is -2.26. The number of rotatable bonds is 6. The van der Waals surface area contributed by atoms with E-state index in [1.807, 2.05) is 11.8 Å². The van der Waals surface area contributed by atoms with Crippen molar-refractivity contribution in [1.82, 2.24) is 9.88 Å². The Hall–Kier alpha value is -1.24. The molecule has 0 saturated heterocycles. The largest absolute Gasteiger partial charge is 0.445 e. The summed E-state index contributed by atoms with van der Waals surface area (Å²) in [4.78, 5) is 6.01. The van der Waals surface area contributed by atoms with Crippen molar-refractivity contribution in [3.63, 3.8) is 0 Å². The molecule has 0 spiro atoms. The number of aryl methyl sites for hydroxylation is 1. The molecule has 0 amide bonds. The van der Waals surface area contributed by atoms with Gasteiger partial charge in [0.2, 0.25) is 5.89 Å². The van der Waals surface area contributed by atoms with Gasteiger partial charge in [-0.1, -0.05) is 15.9 Å². The van der Waals surface area contributed by atoms with Gasteiger partial charge in [0.05, 0.1) is 19.3 Å². The van der Waals surface area contributed by atoms with Crippen molar-refractivity contribution >= 4 is 15.9 Å². The fraction of sp³-hybridized carbons (Fsp3) is 0.357. The zero-order valence-corrected chi connectivity index (χ0v) is 12.7. The van der Waals surface area contributed by atoms with Crippen molar-refractivity contribution in [3.8, 4) is 0 Å². The van der Waals surface area contributed by atoms with Crippen LogP contribution in [0.25, 0.3) is 0 Å². The summed E-state index contributed by atoms with van der Waals surface area (Å²) in [6, 6.07) is 4.82. The van der Waals surface area contributed by atoms with Crippen LogP contribution in [0.3, 0.4) is 0 Å². The van der Waals surface area contributed by atoms with Gasteiger partial charge in [-0.05, 0) is 25.1 Å². The molecule has 0 aliphatic heterocycles. The van der Waals surface area contributed by atoms with Gasteiger partial charge in [-0.15, -0.1) is 0 Å². The lowest BCUT2D eigenvalue weighted by atomic mass is 10.2. The summed E-state index contributed by atoms with van der Waals surface area (Å²) in [6.45, 7) is 3.05. The summed E-state index contributed by atoms with van der Waals surface area (Å²) in [5.74, 6) is 1.03. The molecular weight excluding hydrogens is 327 g/mol. The van der Waals surface area contributed by atoms with E-state index in [2.05, 4.69) is 20.9 Å². The van der Waals surface area contributed by atoms with E-state index in [9.17, 15) is 4.39 Å². The van der Waals surface area contributed by atoms with Gasteiger partial charge in [-0.25, -0.2) is 9.37 Å². The third-order valence-electron chi connectivity index (χ3n) is 2.85. The number of hydrogen-bond acceptors (Lipinski definition) is 4. The van der Waals surface area contributed by atoms with Crippen LogP contribution >= 0.6 is 15.9 Å². The maximum absolute atomic E-state index is 13.8. The minimum atomic E-state index is -0.264. The third kappa shape index (κ3) is 4.13. The first-order valence-electron chi connectivity index (χ1n) is 6.27. The average Bonchev–Trinajstić information content (AvgIpc) is 2.79. The molecule has 0 fully saturated rings. The molecule has 1 heterocycles. The van der Waals surface area contributed by atoms with Crippen molar-refractivity contribution in [1.29, 1.82) is 0 Å². The van der Waals surface area contributed by atoms with Crippen LogP contribution in [0.2, 0.25) is 0 Å². The molecule has 6 heteroatoms. The highest BCUT2D eigenvalue weighted by Gasteiger charge is 2.13. The Kier molecular flexibility index (Phi) is 5.28. The lowest BCUT2D eigenvalue weighted by Gasteiger charge is -2.20. The van der Waals surface area contributed by atoms with Crippen LogP contribution in [0.4, 0.5) is 4.39 Å². The topological polar surface area (TPSA) is 49.5 Å². The molecule has 108 valence electrons. The van der Waals surface area contributed by atoms with Crippen molar-refractivity contribution in [3.05, 3.63) is 51.9 Å². The van der Waals surface area contributed by atoms with Gasteiger partial charge in [-0.2, -0.15) is 0 Å². The van der Waals surface area contributed by atoms with Crippen LogP contribution in [0.15, 0.2) is 33.3 Å². The summed E-state index contributed by atoms with van der Waals surface area (Å²) >= 11 is 3.33. The molecule has 0 atom stereocenters. The lowest BCUT2D eigenvalue weighted by molar-refractivity contribution is 0.170. The molecule has 0 radical (unpaired) electrons. The molecular formula is C14H16BrFN2O2. The summed E-state index contributed by atoms with van der Waals surface area (Å²) in [5, 5.41) is 9.13. The van der Waals surface area contributed by atoms with Crippen molar-refractivity contribution in [2.75, 3.05) is 13.2 Å². The molecule has 0 unspecified atom stereocenters. The van der Waals surface area contributed by atoms with Crippen LogP contribution in [0.1, 0.15) is 17.2 Å². The molecule has 1 N–H and O–H groups in total. The van der Waals surface area contributed by atoms with E-state index in [0.29, 0.717) is 31.1 Å². The molecule has 1 aromatic heterocycles. The smallest absolute Gasteiger partial charge is 0.208 e. The highest BCUT2D eigenvalue weighted by Crippen LogP contribution is 2.18. The average molecular weight is 343 g/mol. The zero-order valence-electron chi connectivity index (χ0n) is 11.1.